The lowest BCUT2D eigenvalue weighted by Gasteiger charge is -2.32. The van der Waals surface area contributed by atoms with Crippen LogP contribution in [0.15, 0.2) is 12.2 Å². The molecule has 0 aromatic carbocycles. The van der Waals surface area contributed by atoms with Crippen molar-refractivity contribution in [1.82, 2.24) is 20.9 Å². The summed E-state index contributed by atoms with van der Waals surface area (Å²) in [6.07, 6.45) is 5.56. The number of allylic oxidation sites excluding steroid dienone is 1. The predicted octanol–water partition coefficient (Wildman–Crippen LogP) is 0.256. The zero-order chi connectivity index (χ0) is 20.5. The van der Waals surface area contributed by atoms with Crippen LogP contribution in [0.5, 0.6) is 0 Å². The van der Waals surface area contributed by atoms with Crippen molar-refractivity contribution < 1.29 is 24.3 Å². The topological polar surface area (TPSA) is 128 Å². The van der Waals surface area contributed by atoms with E-state index in [-0.39, 0.29) is 24.2 Å². The molecule has 164 valence electrons. The second-order valence-electron chi connectivity index (χ2n) is 7.43. The number of carbonyl (C=O) groups excluding carboxylic acids is 3. The lowest BCUT2D eigenvalue weighted by molar-refractivity contribution is -0.138. The maximum atomic E-state index is 12.5. The number of rotatable bonds is 7. The van der Waals surface area contributed by atoms with Gasteiger partial charge in [-0.2, -0.15) is 0 Å². The Bertz CT molecular complexity index is 606. The molecular weight excluding hydrogens is 400 g/mol. The molecule has 2 heterocycles. The van der Waals surface area contributed by atoms with Crippen LogP contribution >= 0.6 is 12.4 Å². The van der Waals surface area contributed by atoms with Gasteiger partial charge < -0.3 is 26.0 Å². The van der Waals surface area contributed by atoms with Crippen molar-refractivity contribution in [3.8, 4) is 0 Å². The summed E-state index contributed by atoms with van der Waals surface area (Å²) in [6, 6.07) is 0. The summed E-state index contributed by atoms with van der Waals surface area (Å²) in [5.74, 6) is -2.00. The lowest BCUT2D eigenvalue weighted by atomic mass is 9.96. The fraction of sp³-hybridized carbons (Fsp3) is 0.684. The van der Waals surface area contributed by atoms with E-state index in [0.717, 1.165) is 25.9 Å². The molecule has 0 radical (unpaired) electrons. The number of likely N-dealkylation sites (tertiary alicyclic amines) is 1. The SMILES string of the molecule is CC(=O)N[C@H](CC(=O)O)NC(=O)[C@@H]1CCCN(C(=O)/C=C/C2CCNCC2)C1.Cl. The van der Waals surface area contributed by atoms with Gasteiger partial charge in [-0.15, -0.1) is 12.4 Å². The third-order valence-electron chi connectivity index (χ3n) is 5.07. The summed E-state index contributed by atoms with van der Waals surface area (Å²) in [7, 11) is 0. The van der Waals surface area contributed by atoms with E-state index in [2.05, 4.69) is 16.0 Å². The van der Waals surface area contributed by atoms with E-state index in [1.165, 1.54) is 6.92 Å². The summed E-state index contributed by atoms with van der Waals surface area (Å²) >= 11 is 0. The highest BCUT2D eigenvalue weighted by Crippen LogP contribution is 2.18. The van der Waals surface area contributed by atoms with Gasteiger partial charge in [-0.05, 0) is 50.8 Å². The van der Waals surface area contributed by atoms with Crippen LogP contribution in [0.2, 0.25) is 0 Å². The summed E-state index contributed by atoms with van der Waals surface area (Å²) in [5.41, 5.74) is 0. The second kappa shape index (κ2) is 12.4. The summed E-state index contributed by atoms with van der Waals surface area (Å²) in [6.45, 7) is 4.07. The first kappa shape index (κ1) is 24.9. The van der Waals surface area contributed by atoms with Gasteiger partial charge in [0.2, 0.25) is 17.7 Å². The highest BCUT2D eigenvalue weighted by Gasteiger charge is 2.29. The number of nitrogens with zero attached hydrogens (tertiary/aromatic N) is 1. The van der Waals surface area contributed by atoms with E-state index in [1.54, 1.807) is 11.0 Å². The van der Waals surface area contributed by atoms with E-state index < -0.39 is 30.4 Å². The van der Waals surface area contributed by atoms with Crippen molar-refractivity contribution in [1.29, 1.82) is 0 Å². The molecule has 29 heavy (non-hydrogen) atoms. The van der Waals surface area contributed by atoms with Crippen LogP contribution in [0.25, 0.3) is 0 Å². The van der Waals surface area contributed by atoms with Crippen LogP contribution in [-0.4, -0.2) is 66.0 Å². The molecule has 0 saturated carbocycles. The van der Waals surface area contributed by atoms with Crippen LogP contribution in [-0.2, 0) is 19.2 Å². The van der Waals surface area contributed by atoms with E-state index in [4.69, 9.17) is 5.11 Å². The van der Waals surface area contributed by atoms with Gasteiger partial charge in [0.15, 0.2) is 0 Å². The highest BCUT2D eigenvalue weighted by atomic mass is 35.5. The number of carboxylic acid groups (broad SMARTS) is 1. The Labute approximate surface area is 177 Å². The smallest absolute Gasteiger partial charge is 0.307 e. The molecule has 0 unspecified atom stereocenters. The average molecular weight is 431 g/mol. The van der Waals surface area contributed by atoms with E-state index >= 15 is 0 Å². The molecule has 2 atom stereocenters. The van der Waals surface area contributed by atoms with Gasteiger partial charge in [-0.25, -0.2) is 0 Å². The molecule has 0 bridgehead atoms. The van der Waals surface area contributed by atoms with Crippen molar-refractivity contribution in [3.05, 3.63) is 12.2 Å². The molecule has 10 heteroatoms. The van der Waals surface area contributed by atoms with Gasteiger partial charge >= 0.3 is 5.97 Å². The van der Waals surface area contributed by atoms with Gasteiger partial charge in [-0.1, -0.05) is 6.08 Å². The quantitative estimate of drug-likeness (QED) is 0.339. The normalized spacial score (nSPS) is 21.1. The summed E-state index contributed by atoms with van der Waals surface area (Å²) < 4.78 is 0. The monoisotopic (exact) mass is 430 g/mol. The van der Waals surface area contributed by atoms with E-state index in [1.807, 2.05) is 6.08 Å². The van der Waals surface area contributed by atoms with E-state index in [0.29, 0.717) is 31.8 Å². The van der Waals surface area contributed by atoms with Crippen LogP contribution in [0, 0.1) is 11.8 Å². The average Bonchev–Trinajstić information content (AvgIpc) is 2.66. The Morgan fingerprint density at radius 3 is 2.48 bits per heavy atom. The Hall–Kier alpha value is -2.13. The number of aliphatic carboxylic acids is 1. The van der Waals surface area contributed by atoms with Gasteiger partial charge in [0.1, 0.15) is 6.17 Å². The van der Waals surface area contributed by atoms with Crippen LogP contribution in [0.4, 0.5) is 0 Å². The van der Waals surface area contributed by atoms with Crippen molar-refractivity contribution in [2.75, 3.05) is 26.2 Å². The number of nitrogens with one attached hydrogen (secondary N) is 3. The Balaban J connectivity index is 0.00000420. The Kier molecular flexibility index (Phi) is 10.7. The highest BCUT2D eigenvalue weighted by molar-refractivity contribution is 5.88. The number of hydrogen-bond acceptors (Lipinski definition) is 5. The number of carbonyl (C=O) groups is 4. The number of hydrogen-bond donors (Lipinski definition) is 4. The minimum Gasteiger partial charge on any atom is -0.481 e. The third-order valence-corrected chi connectivity index (χ3v) is 5.07. The first-order chi connectivity index (χ1) is 13.3. The molecule has 0 aliphatic carbocycles. The molecule has 0 aromatic rings. The predicted molar refractivity (Wildman–Crippen MR) is 109 cm³/mol. The molecule has 9 nitrogen and oxygen atoms in total. The van der Waals surface area contributed by atoms with Crippen LogP contribution < -0.4 is 16.0 Å². The van der Waals surface area contributed by atoms with E-state index in [9.17, 15) is 19.2 Å². The van der Waals surface area contributed by atoms with Crippen LogP contribution in [0.3, 0.4) is 0 Å². The van der Waals surface area contributed by atoms with Crippen molar-refractivity contribution in [3.63, 3.8) is 0 Å². The summed E-state index contributed by atoms with van der Waals surface area (Å²) in [4.78, 5) is 48.8. The zero-order valence-corrected chi connectivity index (χ0v) is 17.5. The zero-order valence-electron chi connectivity index (χ0n) is 16.7. The molecular formula is C19H31ClN4O5. The second-order valence-corrected chi connectivity index (χ2v) is 7.43. The van der Waals surface area contributed by atoms with Crippen LogP contribution in [0.1, 0.15) is 39.0 Å². The molecule has 4 N–H and O–H groups in total. The molecule has 2 rings (SSSR count). The fourth-order valence-electron chi connectivity index (χ4n) is 3.60. The molecule has 2 fully saturated rings. The van der Waals surface area contributed by atoms with Gasteiger partial charge in [0.05, 0.1) is 12.3 Å². The summed E-state index contributed by atoms with van der Waals surface area (Å²) in [5, 5.41) is 17.2. The Morgan fingerprint density at radius 1 is 1.17 bits per heavy atom. The maximum Gasteiger partial charge on any atom is 0.307 e. The third kappa shape index (κ3) is 8.82. The molecule has 0 spiro atoms. The number of carboxylic acids is 1. The lowest BCUT2D eigenvalue weighted by Crippen LogP contribution is -2.52. The maximum absolute atomic E-state index is 12.5. The largest absolute Gasteiger partial charge is 0.481 e. The number of amides is 3. The van der Waals surface area contributed by atoms with Crippen molar-refractivity contribution >= 4 is 36.1 Å². The molecule has 0 aromatic heterocycles. The van der Waals surface area contributed by atoms with Crippen molar-refractivity contribution in [2.45, 2.75) is 45.2 Å². The molecule has 2 saturated heterocycles. The molecule has 2 aliphatic rings. The van der Waals surface area contributed by atoms with Gasteiger partial charge in [0.25, 0.3) is 0 Å². The van der Waals surface area contributed by atoms with Gasteiger partial charge in [-0.3, -0.25) is 19.2 Å². The Morgan fingerprint density at radius 2 is 1.86 bits per heavy atom. The van der Waals surface area contributed by atoms with Crippen molar-refractivity contribution in [2.24, 2.45) is 11.8 Å². The molecule has 3 amide bonds. The first-order valence-corrected chi connectivity index (χ1v) is 9.82. The first-order valence-electron chi connectivity index (χ1n) is 9.82. The number of piperidine rings is 2. The molecule has 2 aliphatic heterocycles. The minimum atomic E-state index is -1.12. The minimum absolute atomic E-state index is 0. The number of halogens is 1. The fourth-order valence-corrected chi connectivity index (χ4v) is 3.60. The van der Waals surface area contributed by atoms with Gasteiger partial charge in [0, 0.05) is 20.0 Å². The standard InChI is InChI=1S/C19H30N4O5.ClH/c1-13(24)21-16(11-18(26)27)22-19(28)15-3-2-10-23(12-15)17(25)5-4-14-6-8-20-9-7-14;/h4-5,14-16,20H,2-3,6-12H2,1H3,(H,21,24)(H,22,28)(H,26,27);1H/b5-4+;/t15-,16+;/m1./s1.